The zero-order valence-corrected chi connectivity index (χ0v) is 17.7. The van der Waals surface area contributed by atoms with Crippen molar-refractivity contribution in [2.75, 3.05) is 0 Å². The minimum absolute atomic E-state index is 0.639. The third kappa shape index (κ3) is 10.1. The predicted molar refractivity (Wildman–Crippen MR) is 115 cm³/mol. The van der Waals surface area contributed by atoms with E-state index in [1.807, 2.05) is 0 Å². The molecule has 0 N–H and O–H groups in total. The van der Waals surface area contributed by atoms with Gasteiger partial charge in [-0.3, -0.25) is 0 Å². The van der Waals surface area contributed by atoms with Crippen molar-refractivity contribution in [1.82, 2.24) is 0 Å². The Morgan fingerprint density at radius 1 is 0.600 bits per heavy atom. The van der Waals surface area contributed by atoms with Crippen molar-refractivity contribution in [2.24, 2.45) is 0 Å². The summed E-state index contributed by atoms with van der Waals surface area (Å²) >= 11 is 0. The molecule has 0 aliphatic carbocycles. The Hall–Kier alpha value is -0.780. The van der Waals surface area contributed by atoms with Crippen LogP contribution in [0.15, 0.2) is 24.3 Å². The molecule has 0 aliphatic rings. The molecule has 0 aromatic heterocycles. The van der Waals surface area contributed by atoms with Crippen molar-refractivity contribution in [3.8, 4) is 0 Å². The summed E-state index contributed by atoms with van der Waals surface area (Å²) in [5, 5.41) is 0. The molecule has 0 aliphatic heterocycles. The molecule has 0 saturated heterocycles. The maximum atomic E-state index is 2.42. The lowest BCUT2D eigenvalue weighted by Gasteiger charge is -2.18. The summed E-state index contributed by atoms with van der Waals surface area (Å²) < 4.78 is 0. The third-order valence-corrected chi connectivity index (χ3v) is 5.64. The molecule has 144 valence electrons. The number of hydrogen-bond acceptors (Lipinski definition) is 0. The van der Waals surface area contributed by atoms with E-state index in [1.54, 1.807) is 11.1 Å². The molecule has 0 nitrogen and oxygen atoms in total. The molecule has 1 atom stereocenters. The second-order valence-electron chi connectivity index (χ2n) is 8.36. The van der Waals surface area contributed by atoms with Crippen molar-refractivity contribution in [3.63, 3.8) is 0 Å². The van der Waals surface area contributed by atoms with Gasteiger partial charge < -0.3 is 0 Å². The Morgan fingerprint density at radius 3 is 1.52 bits per heavy atom. The Kier molecular flexibility index (Phi) is 12.8. The van der Waals surface area contributed by atoms with Crippen LogP contribution in [0.4, 0.5) is 0 Å². The Bertz CT molecular complexity index is 418. The molecule has 0 heterocycles. The first kappa shape index (κ1) is 22.3. The Labute approximate surface area is 158 Å². The third-order valence-electron chi connectivity index (χ3n) is 5.64. The summed E-state index contributed by atoms with van der Waals surface area (Å²) in [6.07, 6.45) is 18.6. The average molecular weight is 345 g/mol. The minimum atomic E-state index is 0.639. The molecule has 0 spiro atoms. The van der Waals surface area contributed by atoms with Gasteiger partial charge in [0, 0.05) is 0 Å². The molecule has 0 saturated carbocycles. The van der Waals surface area contributed by atoms with E-state index >= 15 is 0 Å². The van der Waals surface area contributed by atoms with Crippen LogP contribution in [-0.2, 0) is 0 Å². The lowest BCUT2D eigenvalue weighted by Crippen LogP contribution is -2.01. The quantitative estimate of drug-likeness (QED) is 0.278. The first-order valence-corrected chi connectivity index (χ1v) is 11.3. The summed E-state index contributed by atoms with van der Waals surface area (Å²) in [5.74, 6) is 1.35. The topological polar surface area (TPSA) is 0 Å². The van der Waals surface area contributed by atoms with Crippen LogP contribution in [0.1, 0.15) is 134 Å². The van der Waals surface area contributed by atoms with E-state index in [0.717, 1.165) is 0 Å². The van der Waals surface area contributed by atoms with Crippen molar-refractivity contribution in [3.05, 3.63) is 35.4 Å². The van der Waals surface area contributed by atoms with Crippen molar-refractivity contribution in [2.45, 2.75) is 123 Å². The number of rotatable bonds is 15. The number of unbranched alkanes of at least 4 members (excludes halogenated alkanes) is 11. The molecule has 0 heteroatoms. The predicted octanol–water partition coefficient (Wildman–Crippen LogP) is 9.00. The maximum absolute atomic E-state index is 2.42. The minimum Gasteiger partial charge on any atom is -0.0654 e. The Balaban J connectivity index is 2.03. The fraction of sp³-hybridized carbons (Fsp3) is 0.760. The van der Waals surface area contributed by atoms with Gasteiger partial charge >= 0.3 is 0 Å². The molecule has 0 bridgehead atoms. The molecule has 1 unspecified atom stereocenters. The SMILES string of the molecule is CCCCCCCCCCCCCCC(C)c1ccccc1C(C)C. The van der Waals surface area contributed by atoms with Crippen LogP contribution in [-0.4, -0.2) is 0 Å². The maximum Gasteiger partial charge on any atom is -0.0188 e. The standard InChI is InChI=1S/C25H44/c1-5-6-7-8-9-10-11-12-13-14-15-16-19-23(4)25-21-18-17-20-24(25)22(2)3/h17-18,20-23H,5-16,19H2,1-4H3. The highest BCUT2D eigenvalue weighted by molar-refractivity contribution is 5.32. The zero-order valence-electron chi connectivity index (χ0n) is 17.7. The fourth-order valence-corrected chi connectivity index (χ4v) is 3.93. The van der Waals surface area contributed by atoms with Crippen molar-refractivity contribution < 1.29 is 0 Å². The van der Waals surface area contributed by atoms with Gasteiger partial charge in [0.2, 0.25) is 0 Å². The lowest BCUT2D eigenvalue weighted by molar-refractivity contribution is 0.527. The van der Waals surface area contributed by atoms with Crippen LogP contribution in [0.25, 0.3) is 0 Å². The summed E-state index contributed by atoms with van der Waals surface area (Å²) in [5.41, 5.74) is 3.13. The summed E-state index contributed by atoms with van der Waals surface area (Å²) in [6.45, 7) is 9.34. The summed E-state index contributed by atoms with van der Waals surface area (Å²) in [7, 11) is 0. The normalized spacial score (nSPS) is 12.7. The van der Waals surface area contributed by atoms with E-state index in [2.05, 4.69) is 52.0 Å². The molecule has 0 radical (unpaired) electrons. The van der Waals surface area contributed by atoms with Crippen LogP contribution in [0, 0.1) is 0 Å². The van der Waals surface area contributed by atoms with Gasteiger partial charge in [-0.25, -0.2) is 0 Å². The average Bonchev–Trinajstić information content (AvgIpc) is 2.62. The van der Waals surface area contributed by atoms with Crippen LogP contribution in [0.5, 0.6) is 0 Å². The van der Waals surface area contributed by atoms with Gasteiger partial charge in [0.15, 0.2) is 0 Å². The van der Waals surface area contributed by atoms with Gasteiger partial charge in [-0.05, 0) is 29.4 Å². The lowest BCUT2D eigenvalue weighted by atomic mass is 9.87. The van der Waals surface area contributed by atoms with Gasteiger partial charge in [0.1, 0.15) is 0 Å². The fourth-order valence-electron chi connectivity index (χ4n) is 3.93. The van der Waals surface area contributed by atoms with Crippen LogP contribution >= 0.6 is 0 Å². The Morgan fingerprint density at radius 2 is 1.04 bits per heavy atom. The highest BCUT2D eigenvalue weighted by atomic mass is 14.2. The van der Waals surface area contributed by atoms with Gasteiger partial charge in [-0.2, -0.15) is 0 Å². The highest BCUT2D eigenvalue weighted by Gasteiger charge is 2.11. The van der Waals surface area contributed by atoms with E-state index < -0.39 is 0 Å². The van der Waals surface area contributed by atoms with Crippen LogP contribution in [0.2, 0.25) is 0 Å². The zero-order chi connectivity index (χ0) is 18.3. The number of benzene rings is 1. The van der Waals surface area contributed by atoms with E-state index in [9.17, 15) is 0 Å². The van der Waals surface area contributed by atoms with Gasteiger partial charge in [-0.1, -0.05) is 129 Å². The molecule has 1 rings (SSSR count). The molecular formula is C25H44. The highest BCUT2D eigenvalue weighted by Crippen LogP contribution is 2.29. The molecular weight excluding hydrogens is 300 g/mol. The van der Waals surface area contributed by atoms with E-state index in [0.29, 0.717) is 11.8 Å². The largest absolute Gasteiger partial charge is 0.0654 e. The van der Waals surface area contributed by atoms with E-state index in [1.165, 1.54) is 83.5 Å². The second-order valence-corrected chi connectivity index (χ2v) is 8.36. The summed E-state index contributed by atoms with van der Waals surface area (Å²) in [6, 6.07) is 9.06. The molecule has 1 aromatic rings. The molecule has 1 aromatic carbocycles. The van der Waals surface area contributed by atoms with Gasteiger partial charge in [0.05, 0.1) is 0 Å². The van der Waals surface area contributed by atoms with E-state index in [-0.39, 0.29) is 0 Å². The molecule has 25 heavy (non-hydrogen) atoms. The van der Waals surface area contributed by atoms with Crippen LogP contribution in [0.3, 0.4) is 0 Å². The summed E-state index contributed by atoms with van der Waals surface area (Å²) in [4.78, 5) is 0. The van der Waals surface area contributed by atoms with Crippen LogP contribution < -0.4 is 0 Å². The first-order valence-electron chi connectivity index (χ1n) is 11.3. The smallest absolute Gasteiger partial charge is 0.0188 e. The van der Waals surface area contributed by atoms with Crippen molar-refractivity contribution in [1.29, 1.82) is 0 Å². The monoisotopic (exact) mass is 344 g/mol. The van der Waals surface area contributed by atoms with Gasteiger partial charge in [0.25, 0.3) is 0 Å². The molecule has 0 amide bonds. The number of hydrogen-bond donors (Lipinski definition) is 0. The van der Waals surface area contributed by atoms with Gasteiger partial charge in [-0.15, -0.1) is 0 Å². The second kappa shape index (κ2) is 14.4. The first-order chi connectivity index (χ1) is 12.2. The van der Waals surface area contributed by atoms with E-state index in [4.69, 9.17) is 0 Å². The van der Waals surface area contributed by atoms with Crippen molar-refractivity contribution >= 4 is 0 Å². The molecule has 0 fully saturated rings.